The molecule has 1 saturated heterocycles. The zero-order valence-corrected chi connectivity index (χ0v) is 20.0. The number of likely N-dealkylation sites (tertiary alicyclic amines) is 1. The van der Waals surface area contributed by atoms with Crippen LogP contribution in [0.15, 0.2) is 40.7 Å². The number of anilines is 1. The lowest BCUT2D eigenvalue weighted by molar-refractivity contribution is 0.176. The van der Waals surface area contributed by atoms with Crippen molar-refractivity contribution < 1.29 is 4.74 Å². The summed E-state index contributed by atoms with van der Waals surface area (Å²) in [7, 11) is 0. The highest BCUT2D eigenvalue weighted by Gasteiger charge is 2.16. The number of hydrogen-bond acceptors (Lipinski definition) is 5. The normalized spacial score (nSPS) is 16.6. The molecule has 2 aromatic rings. The highest BCUT2D eigenvalue weighted by atomic mass is 16.5. The highest BCUT2D eigenvalue weighted by molar-refractivity contribution is 5.31. The van der Waals surface area contributed by atoms with Crippen LogP contribution >= 0.6 is 0 Å². The van der Waals surface area contributed by atoms with Crippen molar-refractivity contribution >= 4 is 5.95 Å². The predicted octanol–water partition coefficient (Wildman–Crippen LogP) is 4.70. The number of rotatable bonds is 10. The minimum Gasteiger partial charge on any atom is -0.494 e. The van der Waals surface area contributed by atoms with Crippen molar-refractivity contribution in [2.45, 2.75) is 59.9 Å². The first-order valence-corrected chi connectivity index (χ1v) is 11.8. The maximum absolute atomic E-state index is 12.3. The third-order valence-electron chi connectivity index (χ3n) is 5.86. The van der Waals surface area contributed by atoms with Gasteiger partial charge in [0.15, 0.2) is 0 Å². The molecule has 0 bridgehead atoms. The zero-order chi connectivity index (χ0) is 22.9. The third-order valence-corrected chi connectivity index (χ3v) is 5.86. The van der Waals surface area contributed by atoms with Gasteiger partial charge in [-0.1, -0.05) is 30.7 Å². The van der Waals surface area contributed by atoms with Crippen LogP contribution in [-0.4, -0.2) is 41.1 Å². The van der Waals surface area contributed by atoms with Gasteiger partial charge in [-0.25, -0.2) is 4.98 Å². The molecule has 1 fully saturated rings. The number of benzene rings is 1. The number of nitrogens with one attached hydrogen (secondary N) is 2. The third kappa shape index (κ3) is 7.52. The molecule has 6 heteroatoms. The van der Waals surface area contributed by atoms with Crippen molar-refractivity contribution in [3.63, 3.8) is 0 Å². The average Bonchev–Trinajstić information content (AvgIpc) is 2.73. The molecule has 3 rings (SSSR count). The molecule has 0 radical (unpaired) electrons. The summed E-state index contributed by atoms with van der Waals surface area (Å²) >= 11 is 0. The number of aromatic nitrogens is 2. The SMILES string of the molecule is CC(C)=CCc1c(C)nc(NCCCOc2cccc(CN3CCCC(C)C3)c2)[nH]c1=O. The standard InChI is InChI=1S/C26H38N4O2/c1-19(2)11-12-24-21(4)28-26(29-25(24)31)27-13-7-15-32-23-10-5-9-22(16-23)18-30-14-6-8-20(3)17-30/h5,9-11,16,20H,6-8,12-15,17-18H2,1-4H3,(H2,27,28,29,31). The molecule has 0 spiro atoms. The molecular weight excluding hydrogens is 400 g/mol. The predicted molar refractivity (Wildman–Crippen MR) is 131 cm³/mol. The van der Waals surface area contributed by atoms with Gasteiger partial charge in [0.1, 0.15) is 5.75 Å². The number of aryl methyl sites for hydroxylation is 1. The lowest BCUT2D eigenvalue weighted by Crippen LogP contribution is -2.33. The van der Waals surface area contributed by atoms with E-state index in [1.54, 1.807) is 0 Å². The lowest BCUT2D eigenvalue weighted by Gasteiger charge is -2.30. The molecule has 1 aliphatic rings. The summed E-state index contributed by atoms with van der Waals surface area (Å²) < 4.78 is 5.96. The van der Waals surface area contributed by atoms with Crippen LogP contribution in [-0.2, 0) is 13.0 Å². The van der Waals surface area contributed by atoms with Crippen LogP contribution in [0.1, 0.15) is 56.9 Å². The summed E-state index contributed by atoms with van der Waals surface area (Å²) in [6.07, 6.45) is 6.11. The van der Waals surface area contributed by atoms with Gasteiger partial charge >= 0.3 is 0 Å². The van der Waals surface area contributed by atoms with Crippen molar-refractivity contribution in [1.29, 1.82) is 0 Å². The number of piperidine rings is 1. The van der Waals surface area contributed by atoms with E-state index in [0.717, 1.165) is 35.9 Å². The van der Waals surface area contributed by atoms with Crippen LogP contribution in [0.25, 0.3) is 0 Å². The minimum absolute atomic E-state index is 0.0753. The molecule has 0 saturated carbocycles. The molecule has 2 N–H and O–H groups in total. The smallest absolute Gasteiger partial charge is 0.256 e. The average molecular weight is 439 g/mol. The van der Waals surface area contributed by atoms with Gasteiger partial charge in [-0.05, 0) is 76.6 Å². The fourth-order valence-electron chi connectivity index (χ4n) is 4.13. The molecule has 32 heavy (non-hydrogen) atoms. The summed E-state index contributed by atoms with van der Waals surface area (Å²) in [5, 5.41) is 3.21. The molecule has 1 aliphatic heterocycles. The fourth-order valence-corrected chi connectivity index (χ4v) is 4.13. The second-order valence-corrected chi connectivity index (χ2v) is 9.22. The van der Waals surface area contributed by atoms with Crippen molar-refractivity contribution in [2.24, 2.45) is 5.92 Å². The van der Waals surface area contributed by atoms with Crippen LogP contribution in [0.4, 0.5) is 5.95 Å². The van der Waals surface area contributed by atoms with Crippen LogP contribution < -0.4 is 15.6 Å². The molecule has 174 valence electrons. The van der Waals surface area contributed by atoms with E-state index in [2.05, 4.69) is 45.3 Å². The molecule has 2 heterocycles. The number of H-pyrrole nitrogens is 1. The molecule has 6 nitrogen and oxygen atoms in total. The summed E-state index contributed by atoms with van der Waals surface area (Å²) in [5.41, 5.74) is 3.91. The van der Waals surface area contributed by atoms with Gasteiger partial charge in [-0.3, -0.25) is 14.7 Å². The minimum atomic E-state index is -0.0753. The maximum atomic E-state index is 12.3. The van der Waals surface area contributed by atoms with E-state index in [1.165, 1.54) is 37.1 Å². The van der Waals surface area contributed by atoms with Crippen molar-refractivity contribution in [1.82, 2.24) is 14.9 Å². The van der Waals surface area contributed by atoms with Gasteiger partial charge in [0.25, 0.3) is 5.56 Å². The topological polar surface area (TPSA) is 70.2 Å². The van der Waals surface area contributed by atoms with Gasteiger partial charge < -0.3 is 10.1 Å². The van der Waals surface area contributed by atoms with Crippen LogP contribution in [0.2, 0.25) is 0 Å². The number of allylic oxidation sites excluding steroid dienone is 2. The molecule has 1 atom stereocenters. The Balaban J connectivity index is 1.43. The second-order valence-electron chi connectivity index (χ2n) is 9.22. The first-order valence-electron chi connectivity index (χ1n) is 11.8. The van der Waals surface area contributed by atoms with Crippen LogP contribution in [0, 0.1) is 12.8 Å². The van der Waals surface area contributed by atoms with Crippen molar-refractivity contribution in [3.05, 3.63) is 63.1 Å². The Hall–Kier alpha value is -2.60. The highest BCUT2D eigenvalue weighted by Crippen LogP contribution is 2.20. The number of ether oxygens (including phenoxy) is 1. The Morgan fingerprint density at radius 3 is 2.97 bits per heavy atom. The molecule has 1 unspecified atom stereocenters. The largest absolute Gasteiger partial charge is 0.494 e. The van der Waals surface area contributed by atoms with Crippen LogP contribution in [0.3, 0.4) is 0 Å². The number of nitrogens with zero attached hydrogens (tertiary/aromatic N) is 2. The maximum Gasteiger partial charge on any atom is 0.256 e. The number of aromatic amines is 1. The first kappa shape index (κ1) is 24.1. The van der Waals surface area contributed by atoms with E-state index in [9.17, 15) is 4.79 Å². The van der Waals surface area contributed by atoms with E-state index in [-0.39, 0.29) is 5.56 Å². The second kappa shape index (κ2) is 11.9. The van der Waals surface area contributed by atoms with Gasteiger partial charge in [-0.15, -0.1) is 0 Å². The monoisotopic (exact) mass is 438 g/mol. The van der Waals surface area contributed by atoms with Gasteiger partial charge in [0.2, 0.25) is 5.95 Å². The molecule has 1 aromatic heterocycles. The van der Waals surface area contributed by atoms with Gasteiger partial charge in [0, 0.05) is 25.2 Å². The fraction of sp³-hybridized carbons (Fsp3) is 0.538. The number of hydrogen-bond donors (Lipinski definition) is 2. The van der Waals surface area contributed by atoms with E-state index in [0.29, 0.717) is 25.5 Å². The molecule has 0 amide bonds. The van der Waals surface area contributed by atoms with Gasteiger partial charge in [0.05, 0.1) is 12.3 Å². The summed E-state index contributed by atoms with van der Waals surface area (Å²) in [6, 6.07) is 8.42. The first-order chi connectivity index (χ1) is 15.4. The Labute approximate surface area is 192 Å². The summed E-state index contributed by atoms with van der Waals surface area (Å²) in [5.74, 6) is 2.22. The summed E-state index contributed by atoms with van der Waals surface area (Å²) in [4.78, 5) is 22.2. The van der Waals surface area contributed by atoms with Gasteiger partial charge in [-0.2, -0.15) is 0 Å². The van der Waals surface area contributed by atoms with Crippen molar-refractivity contribution in [3.8, 4) is 5.75 Å². The van der Waals surface area contributed by atoms with E-state index in [1.807, 2.05) is 32.9 Å². The molecule has 1 aromatic carbocycles. The Bertz CT molecular complexity index is 963. The van der Waals surface area contributed by atoms with Crippen molar-refractivity contribution in [2.75, 3.05) is 31.6 Å². The lowest BCUT2D eigenvalue weighted by atomic mass is 10.00. The Morgan fingerprint density at radius 2 is 2.22 bits per heavy atom. The van der Waals surface area contributed by atoms with E-state index in [4.69, 9.17) is 4.74 Å². The molecule has 0 aliphatic carbocycles. The zero-order valence-electron chi connectivity index (χ0n) is 20.0. The molecular formula is C26H38N4O2. The van der Waals surface area contributed by atoms with Crippen LogP contribution in [0.5, 0.6) is 5.75 Å². The quantitative estimate of drug-likeness (QED) is 0.416. The summed E-state index contributed by atoms with van der Waals surface area (Å²) in [6.45, 7) is 12.9. The Kier molecular flexibility index (Phi) is 8.91. The van der Waals surface area contributed by atoms with E-state index < -0.39 is 0 Å². The van der Waals surface area contributed by atoms with E-state index >= 15 is 0 Å². The Morgan fingerprint density at radius 1 is 1.38 bits per heavy atom.